The molecule has 0 unspecified atom stereocenters. The highest BCUT2D eigenvalue weighted by atomic mass is 14.4. The van der Waals surface area contributed by atoms with E-state index in [-0.39, 0.29) is 0 Å². The Hall–Kier alpha value is -0.0800. The van der Waals surface area contributed by atoms with Crippen LogP contribution in [0.25, 0.3) is 0 Å². The summed E-state index contributed by atoms with van der Waals surface area (Å²) in [5, 5.41) is 0. The topological polar surface area (TPSA) is 52.0 Å². The number of rotatable bonds is 2. The van der Waals surface area contributed by atoms with Gasteiger partial charge in [0.15, 0.2) is 0 Å². The molecule has 0 spiro atoms. The minimum Gasteiger partial charge on any atom is -0.333 e. The molecule has 0 aliphatic heterocycles. The van der Waals surface area contributed by atoms with Crippen LogP contribution in [-0.4, -0.2) is 14.1 Å². The second-order valence-corrected chi connectivity index (χ2v) is 6.49. The van der Waals surface area contributed by atoms with Crippen molar-refractivity contribution in [3.05, 3.63) is 0 Å². The largest absolute Gasteiger partial charge is 0.333 e. The quantitative estimate of drug-likeness (QED) is 0.617. The molecule has 2 heteroatoms. The van der Waals surface area contributed by atoms with Crippen LogP contribution in [0.4, 0.5) is 0 Å². The molecule has 23 heavy (non-hydrogen) atoms. The molecule has 2 fully saturated rings. The highest BCUT2D eigenvalue weighted by molar-refractivity contribution is 4.88. The van der Waals surface area contributed by atoms with Crippen LogP contribution in [0.1, 0.15) is 106 Å². The molecule has 2 rings (SSSR count). The first-order valence-electron chi connectivity index (χ1n) is 10.4. The van der Waals surface area contributed by atoms with Crippen molar-refractivity contribution in [2.75, 3.05) is 14.1 Å². The summed E-state index contributed by atoms with van der Waals surface area (Å²) in [7, 11) is 3.00. The van der Waals surface area contributed by atoms with Crippen molar-refractivity contribution in [2.45, 2.75) is 106 Å². The van der Waals surface area contributed by atoms with Crippen LogP contribution >= 0.6 is 0 Å². The third kappa shape index (κ3) is 11.2. The average Bonchev–Trinajstić information content (AvgIpc) is 2.69. The van der Waals surface area contributed by atoms with Gasteiger partial charge in [0.1, 0.15) is 0 Å². The van der Waals surface area contributed by atoms with E-state index in [0.29, 0.717) is 5.41 Å². The molecule has 0 heterocycles. The summed E-state index contributed by atoms with van der Waals surface area (Å²) in [5.74, 6) is 2.07. The summed E-state index contributed by atoms with van der Waals surface area (Å²) < 4.78 is 0. The predicted octanol–water partition coefficient (Wildman–Crippen LogP) is 6.38. The Kier molecular flexibility index (Phi) is 24.1. The fraction of sp³-hybridized carbons (Fsp3) is 1.00. The van der Waals surface area contributed by atoms with Gasteiger partial charge in [-0.15, -0.1) is 0 Å². The Bertz CT molecular complexity index is 170. The van der Waals surface area contributed by atoms with Crippen molar-refractivity contribution in [2.24, 2.45) is 28.7 Å². The van der Waals surface area contributed by atoms with Gasteiger partial charge in [0.25, 0.3) is 0 Å². The minimum atomic E-state index is 0.640. The summed E-state index contributed by atoms with van der Waals surface area (Å²) in [4.78, 5) is 0. The lowest BCUT2D eigenvalue weighted by atomic mass is 9.61. The molecule has 2 nitrogen and oxygen atoms in total. The number of hydrogen-bond acceptors (Lipinski definition) is 2. The normalized spacial score (nSPS) is 18.5. The molecule has 144 valence electrons. The van der Waals surface area contributed by atoms with Gasteiger partial charge in [0.05, 0.1) is 0 Å². The summed E-state index contributed by atoms with van der Waals surface area (Å²) >= 11 is 0. The van der Waals surface area contributed by atoms with E-state index in [1.807, 2.05) is 27.7 Å². The average molecular weight is 331 g/mol. The molecule has 2 aliphatic rings. The molecular formula is C21H50N2. The van der Waals surface area contributed by atoms with E-state index in [1.165, 1.54) is 78.3 Å². The van der Waals surface area contributed by atoms with Gasteiger partial charge in [0, 0.05) is 0 Å². The van der Waals surface area contributed by atoms with Crippen LogP contribution in [-0.2, 0) is 0 Å². The first-order chi connectivity index (χ1) is 11.2. The lowest BCUT2D eigenvalue weighted by molar-refractivity contribution is 0.0587. The van der Waals surface area contributed by atoms with Crippen molar-refractivity contribution in [3.8, 4) is 0 Å². The van der Waals surface area contributed by atoms with Crippen LogP contribution in [0.3, 0.4) is 0 Å². The standard InChI is InChI=1S/C15H28.2C2H6.2CH5N/c1-15(2,13-9-5-3-6-10-13)14-11-7-4-8-12-14;4*1-2/h13-14H,3-12H2,1-2H3;2*1-2H3;2*2H2,1H3. The zero-order chi connectivity index (χ0) is 18.7. The highest BCUT2D eigenvalue weighted by Crippen LogP contribution is 2.48. The van der Waals surface area contributed by atoms with Gasteiger partial charge in [0.2, 0.25) is 0 Å². The zero-order valence-electron chi connectivity index (χ0n) is 17.9. The first-order valence-corrected chi connectivity index (χ1v) is 10.4. The maximum atomic E-state index is 4.50. The van der Waals surface area contributed by atoms with Gasteiger partial charge in [-0.3, -0.25) is 0 Å². The van der Waals surface area contributed by atoms with E-state index in [1.54, 1.807) is 0 Å². The maximum Gasteiger partial charge on any atom is -0.0195 e. The summed E-state index contributed by atoms with van der Waals surface area (Å²) in [6.45, 7) is 13.1. The van der Waals surface area contributed by atoms with E-state index < -0.39 is 0 Å². The zero-order valence-corrected chi connectivity index (χ0v) is 17.9. The van der Waals surface area contributed by atoms with Gasteiger partial charge in [-0.2, -0.15) is 0 Å². The van der Waals surface area contributed by atoms with Crippen molar-refractivity contribution < 1.29 is 0 Å². The van der Waals surface area contributed by atoms with Crippen LogP contribution in [0.15, 0.2) is 0 Å². The van der Waals surface area contributed by atoms with Gasteiger partial charge in [-0.1, -0.05) is 80.1 Å². The predicted molar refractivity (Wildman–Crippen MR) is 110 cm³/mol. The van der Waals surface area contributed by atoms with Crippen molar-refractivity contribution >= 4 is 0 Å². The molecule has 0 aromatic heterocycles. The second kappa shape index (κ2) is 20.0. The molecule has 4 N–H and O–H groups in total. The number of nitrogens with two attached hydrogens (primary N) is 2. The first kappa shape index (κ1) is 27.8. The maximum absolute atomic E-state index is 4.50. The molecule has 0 saturated heterocycles. The minimum absolute atomic E-state index is 0.640. The summed E-state index contributed by atoms with van der Waals surface area (Å²) in [6, 6.07) is 0. The van der Waals surface area contributed by atoms with Crippen molar-refractivity contribution in [1.82, 2.24) is 0 Å². The Morgan fingerprint density at radius 3 is 0.957 bits per heavy atom. The third-order valence-corrected chi connectivity index (χ3v) is 5.31. The highest BCUT2D eigenvalue weighted by Gasteiger charge is 2.37. The smallest absolute Gasteiger partial charge is 0.0195 e. The van der Waals surface area contributed by atoms with E-state index >= 15 is 0 Å². The van der Waals surface area contributed by atoms with Crippen LogP contribution < -0.4 is 11.5 Å². The molecule has 0 amide bonds. The van der Waals surface area contributed by atoms with Crippen LogP contribution in [0.5, 0.6) is 0 Å². The Balaban J connectivity index is -0.000000438. The lowest BCUT2D eigenvalue weighted by Crippen LogP contribution is -2.35. The van der Waals surface area contributed by atoms with Gasteiger partial charge >= 0.3 is 0 Å². The summed E-state index contributed by atoms with van der Waals surface area (Å²) in [5.41, 5.74) is 9.64. The Morgan fingerprint density at radius 1 is 0.522 bits per heavy atom. The van der Waals surface area contributed by atoms with Gasteiger partial charge in [-0.25, -0.2) is 0 Å². The lowest BCUT2D eigenvalue weighted by Gasteiger charge is -2.44. The molecule has 0 radical (unpaired) electrons. The fourth-order valence-corrected chi connectivity index (χ4v) is 4.03. The van der Waals surface area contributed by atoms with E-state index in [0.717, 1.165) is 11.8 Å². The van der Waals surface area contributed by atoms with Crippen LogP contribution in [0, 0.1) is 17.3 Å². The van der Waals surface area contributed by atoms with Gasteiger partial charge < -0.3 is 11.5 Å². The molecule has 0 aromatic rings. The SMILES string of the molecule is CC.CC.CC(C)(C1CCCCC1)C1CCCCC1.CN.CN. The molecular weight excluding hydrogens is 280 g/mol. The Morgan fingerprint density at radius 2 is 0.739 bits per heavy atom. The molecule has 2 aliphatic carbocycles. The van der Waals surface area contributed by atoms with E-state index in [9.17, 15) is 0 Å². The Labute approximate surface area is 149 Å². The van der Waals surface area contributed by atoms with Crippen molar-refractivity contribution in [1.29, 1.82) is 0 Å². The van der Waals surface area contributed by atoms with Gasteiger partial charge in [-0.05, 0) is 57.0 Å². The molecule has 0 aromatic carbocycles. The van der Waals surface area contributed by atoms with Crippen molar-refractivity contribution in [3.63, 3.8) is 0 Å². The molecule has 0 bridgehead atoms. The summed E-state index contributed by atoms with van der Waals surface area (Å²) in [6.07, 6.45) is 15.1. The molecule has 0 atom stereocenters. The second-order valence-electron chi connectivity index (χ2n) is 6.49. The monoisotopic (exact) mass is 330 g/mol. The molecule has 2 saturated carbocycles. The number of hydrogen-bond donors (Lipinski definition) is 2. The third-order valence-electron chi connectivity index (χ3n) is 5.31. The van der Waals surface area contributed by atoms with E-state index in [4.69, 9.17) is 0 Å². The van der Waals surface area contributed by atoms with Crippen LogP contribution in [0.2, 0.25) is 0 Å². The van der Waals surface area contributed by atoms with E-state index in [2.05, 4.69) is 25.3 Å². The fourth-order valence-electron chi connectivity index (χ4n) is 4.03.